The molecule has 29 heavy (non-hydrogen) atoms. The average molecular weight is 401 g/mol. The van der Waals surface area contributed by atoms with Gasteiger partial charge in [-0.05, 0) is 24.5 Å². The summed E-state index contributed by atoms with van der Waals surface area (Å²) in [5, 5.41) is 2.08. The molecule has 0 aliphatic carbocycles. The SMILES string of the molecule is CCc1nc2ccccc2c(=O)n1N1C[C@]1(C(=O)OC)[C@H](CC(C)C)OC(C)=O. The van der Waals surface area contributed by atoms with Crippen LogP contribution in [0.5, 0.6) is 0 Å². The van der Waals surface area contributed by atoms with Crippen molar-refractivity contribution in [2.75, 3.05) is 18.7 Å². The van der Waals surface area contributed by atoms with E-state index in [1.165, 1.54) is 18.7 Å². The molecule has 0 bridgehead atoms. The van der Waals surface area contributed by atoms with Crippen molar-refractivity contribution < 1.29 is 19.1 Å². The van der Waals surface area contributed by atoms with E-state index in [0.29, 0.717) is 29.6 Å². The first-order valence-corrected chi connectivity index (χ1v) is 9.80. The average Bonchev–Trinajstić information content (AvgIpc) is 3.42. The summed E-state index contributed by atoms with van der Waals surface area (Å²) in [6.07, 6.45) is 0.217. The van der Waals surface area contributed by atoms with Gasteiger partial charge in [0.1, 0.15) is 11.9 Å². The van der Waals surface area contributed by atoms with Gasteiger partial charge in [0.05, 0.1) is 24.6 Å². The maximum Gasteiger partial charge on any atom is 0.339 e. The van der Waals surface area contributed by atoms with E-state index in [1.54, 1.807) is 23.2 Å². The Morgan fingerprint density at radius 2 is 1.97 bits per heavy atom. The molecular formula is C21H27N3O5. The highest BCUT2D eigenvalue weighted by molar-refractivity contribution is 5.90. The van der Waals surface area contributed by atoms with Crippen LogP contribution in [-0.2, 0) is 25.5 Å². The van der Waals surface area contributed by atoms with Crippen molar-refractivity contribution in [3.05, 3.63) is 40.4 Å². The van der Waals surface area contributed by atoms with Crippen LogP contribution in [0.25, 0.3) is 10.9 Å². The van der Waals surface area contributed by atoms with Gasteiger partial charge in [-0.15, -0.1) is 0 Å². The Labute approximate surface area is 169 Å². The number of aryl methyl sites for hydroxylation is 1. The minimum absolute atomic E-state index is 0.167. The van der Waals surface area contributed by atoms with Crippen molar-refractivity contribution in [1.29, 1.82) is 0 Å². The molecule has 1 aliphatic heterocycles. The number of benzene rings is 1. The number of carbonyl (C=O) groups is 2. The number of esters is 2. The van der Waals surface area contributed by atoms with Crippen LogP contribution in [0.4, 0.5) is 0 Å². The monoisotopic (exact) mass is 401 g/mol. The number of fused-ring (bicyclic) bond motifs is 1. The van der Waals surface area contributed by atoms with Crippen LogP contribution in [0, 0.1) is 5.92 Å². The van der Waals surface area contributed by atoms with E-state index in [-0.39, 0.29) is 18.0 Å². The van der Waals surface area contributed by atoms with Crippen LogP contribution in [0.1, 0.15) is 39.9 Å². The minimum Gasteiger partial charge on any atom is -0.467 e. The molecule has 1 saturated heterocycles. The van der Waals surface area contributed by atoms with Gasteiger partial charge in [0, 0.05) is 13.3 Å². The summed E-state index contributed by atoms with van der Waals surface area (Å²) in [4.78, 5) is 42.5. The molecule has 2 heterocycles. The zero-order valence-electron chi connectivity index (χ0n) is 17.5. The van der Waals surface area contributed by atoms with Crippen LogP contribution in [0.2, 0.25) is 0 Å². The topological polar surface area (TPSA) is 90.5 Å². The van der Waals surface area contributed by atoms with E-state index in [9.17, 15) is 14.4 Å². The first-order valence-electron chi connectivity index (χ1n) is 9.80. The molecule has 2 atom stereocenters. The summed E-state index contributed by atoms with van der Waals surface area (Å²) in [5.41, 5.74) is -0.901. The number of carbonyl (C=O) groups excluding carboxylic acids is 2. The molecule has 0 saturated carbocycles. The van der Waals surface area contributed by atoms with Crippen LogP contribution >= 0.6 is 0 Å². The Kier molecular flexibility index (Phi) is 5.64. The lowest BCUT2D eigenvalue weighted by Gasteiger charge is -2.28. The second-order valence-electron chi connectivity index (χ2n) is 7.72. The van der Waals surface area contributed by atoms with Crippen molar-refractivity contribution in [1.82, 2.24) is 9.66 Å². The van der Waals surface area contributed by atoms with Gasteiger partial charge < -0.3 is 9.47 Å². The third kappa shape index (κ3) is 3.59. The summed E-state index contributed by atoms with van der Waals surface area (Å²) < 4.78 is 12.1. The molecule has 8 heteroatoms. The molecule has 3 rings (SSSR count). The number of ether oxygens (including phenoxy) is 2. The third-order valence-corrected chi connectivity index (χ3v) is 5.19. The third-order valence-electron chi connectivity index (χ3n) is 5.19. The molecule has 1 aliphatic rings. The van der Waals surface area contributed by atoms with E-state index < -0.39 is 23.6 Å². The van der Waals surface area contributed by atoms with E-state index in [2.05, 4.69) is 4.98 Å². The van der Waals surface area contributed by atoms with E-state index in [1.807, 2.05) is 26.8 Å². The number of aromatic nitrogens is 2. The Morgan fingerprint density at radius 1 is 1.28 bits per heavy atom. The first kappa shape index (κ1) is 20.8. The quantitative estimate of drug-likeness (QED) is 0.516. The number of rotatable bonds is 7. The second kappa shape index (κ2) is 7.85. The zero-order valence-corrected chi connectivity index (χ0v) is 17.5. The lowest BCUT2D eigenvalue weighted by Crippen LogP contribution is -2.50. The van der Waals surface area contributed by atoms with E-state index in [4.69, 9.17) is 9.47 Å². The molecule has 1 aromatic heterocycles. The highest BCUT2D eigenvalue weighted by Gasteiger charge is 2.67. The number of hydrogen-bond acceptors (Lipinski definition) is 7. The molecule has 0 amide bonds. The fraction of sp³-hybridized carbons (Fsp3) is 0.524. The van der Waals surface area contributed by atoms with Gasteiger partial charge in [0.2, 0.25) is 5.54 Å². The summed E-state index contributed by atoms with van der Waals surface area (Å²) in [7, 11) is 1.29. The molecule has 156 valence electrons. The van der Waals surface area contributed by atoms with Gasteiger partial charge in [-0.1, -0.05) is 32.9 Å². The fourth-order valence-corrected chi connectivity index (χ4v) is 3.80. The van der Waals surface area contributed by atoms with E-state index in [0.717, 1.165) is 0 Å². The Morgan fingerprint density at radius 3 is 2.55 bits per heavy atom. The summed E-state index contributed by atoms with van der Waals surface area (Å²) in [6.45, 7) is 7.38. The lowest BCUT2D eigenvalue weighted by molar-refractivity contribution is -0.156. The van der Waals surface area contributed by atoms with Crippen LogP contribution in [0.3, 0.4) is 0 Å². The maximum atomic E-state index is 13.3. The zero-order chi connectivity index (χ0) is 21.3. The highest BCUT2D eigenvalue weighted by Crippen LogP contribution is 2.39. The summed E-state index contributed by atoms with van der Waals surface area (Å²) >= 11 is 0. The van der Waals surface area contributed by atoms with Crippen LogP contribution < -0.4 is 10.6 Å². The van der Waals surface area contributed by atoms with E-state index >= 15 is 0 Å². The van der Waals surface area contributed by atoms with Gasteiger partial charge >= 0.3 is 11.9 Å². The summed E-state index contributed by atoms with van der Waals surface area (Å²) in [5.74, 6) is -0.317. The highest BCUT2D eigenvalue weighted by atomic mass is 16.6. The number of nitrogens with zero attached hydrogens (tertiary/aromatic N) is 3. The fourth-order valence-electron chi connectivity index (χ4n) is 3.80. The van der Waals surface area contributed by atoms with Crippen molar-refractivity contribution >= 4 is 22.8 Å². The minimum atomic E-state index is -1.25. The largest absolute Gasteiger partial charge is 0.467 e. The Bertz CT molecular complexity index is 999. The number of hydrogen-bond donors (Lipinski definition) is 0. The predicted molar refractivity (Wildman–Crippen MR) is 108 cm³/mol. The van der Waals surface area contributed by atoms with Crippen molar-refractivity contribution in [3.8, 4) is 0 Å². The molecule has 0 spiro atoms. The summed E-state index contributed by atoms with van der Waals surface area (Å²) in [6, 6.07) is 7.10. The van der Waals surface area contributed by atoms with Gasteiger partial charge in [0.25, 0.3) is 5.56 Å². The molecule has 0 radical (unpaired) electrons. The molecule has 8 nitrogen and oxygen atoms in total. The standard InChI is InChI=1S/C21H27N3O5/c1-6-18-22-16-10-8-7-9-15(16)19(26)24(18)23-12-21(23,20(27)28-5)17(11-13(2)3)29-14(4)25/h7-10,13,17H,6,11-12H2,1-5H3/t17-,21+,23?/m0/s1. The molecule has 1 aromatic carbocycles. The number of para-hydroxylation sites is 1. The smallest absolute Gasteiger partial charge is 0.339 e. The van der Waals surface area contributed by atoms with Gasteiger partial charge in [0.15, 0.2) is 0 Å². The van der Waals surface area contributed by atoms with Crippen molar-refractivity contribution in [2.24, 2.45) is 5.92 Å². The van der Waals surface area contributed by atoms with Gasteiger partial charge in [-0.3, -0.25) is 14.6 Å². The molecule has 1 fully saturated rings. The Balaban J connectivity index is 2.16. The van der Waals surface area contributed by atoms with Crippen molar-refractivity contribution in [2.45, 2.75) is 52.2 Å². The second-order valence-corrected chi connectivity index (χ2v) is 7.72. The normalized spacial score (nSPS) is 19.3. The Hall–Kier alpha value is -2.90. The molecule has 0 N–H and O–H groups in total. The number of methoxy groups -OCH3 is 1. The van der Waals surface area contributed by atoms with Gasteiger partial charge in [-0.25, -0.2) is 14.5 Å². The lowest BCUT2D eigenvalue weighted by atomic mass is 9.94. The first-order chi connectivity index (χ1) is 13.8. The van der Waals surface area contributed by atoms with Gasteiger partial charge in [-0.2, -0.15) is 0 Å². The maximum absolute atomic E-state index is 13.3. The van der Waals surface area contributed by atoms with Crippen LogP contribution in [-0.4, -0.2) is 46.9 Å². The predicted octanol–water partition coefficient (Wildman–Crippen LogP) is 1.80. The van der Waals surface area contributed by atoms with Crippen molar-refractivity contribution in [3.63, 3.8) is 0 Å². The molecule has 2 aromatic rings. The molecular weight excluding hydrogens is 374 g/mol. The molecule has 0 unspecified atom stereocenters. The van der Waals surface area contributed by atoms with Crippen LogP contribution in [0.15, 0.2) is 29.1 Å².